The van der Waals surface area contributed by atoms with Crippen molar-refractivity contribution in [1.82, 2.24) is 4.90 Å². The molecule has 1 saturated carbocycles. The molecule has 0 radical (unpaired) electrons. The SMILES string of the molecule is O=C(OC1(C(=O)I)CCC(F)(F)CC1)N1CCC1. The van der Waals surface area contributed by atoms with Crippen LogP contribution in [0.15, 0.2) is 0 Å². The summed E-state index contributed by atoms with van der Waals surface area (Å²) >= 11 is 1.53. The van der Waals surface area contributed by atoms with Gasteiger partial charge in [-0.1, -0.05) is 0 Å². The van der Waals surface area contributed by atoms with E-state index in [0.717, 1.165) is 6.42 Å². The first kappa shape index (κ1) is 14.0. The number of likely N-dealkylation sites (tertiary alicyclic amines) is 1. The van der Waals surface area contributed by atoms with Gasteiger partial charge in [-0.25, -0.2) is 13.6 Å². The smallest absolute Gasteiger partial charge is 0.410 e. The third-order valence-corrected chi connectivity index (χ3v) is 4.53. The van der Waals surface area contributed by atoms with Crippen molar-refractivity contribution < 1.29 is 23.1 Å². The second-order valence-electron chi connectivity index (χ2n) is 4.83. The molecule has 0 spiro atoms. The van der Waals surface area contributed by atoms with Crippen LogP contribution in [-0.2, 0) is 9.53 Å². The highest BCUT2D eigenvalue weighted by molar-refractivity contribution is 14.1. The third kappa shape index (κ3) is 2.75. The molecule has 0 unspecified atom stereocenters. The molecule has 2 fully saturated rings. The third-order valence-electron chi connectivity index (χ3n) is 3.54. The Hall–Kier alpha value is -0.470. The van der Waals surface area contributed by atoms with Crippen molar-refractivity contribution in [3.8, 4) is 0 Å². The van der Waals surface area contributed by atoms with E-state index in [4.69, 9.17) is 4.74 Å². The van der Waals surface area contributed by atoms with Gasteiger partial charge in [0.15, 0.2) is 5.60 Å². The molecule has 1 aliphatic heterocycles. The maximum Gasteiger partial charge on any atom is 0.410 e. The Labute approximate surface area is 117 Å². The summed E-state index contributed by atoms with van der Waals surface area (Å²) in [4.78, 5) is 24.8. The second kappa shape index (κ2) is 4.90. The topological polar surface area (TPSA) is 46.6 Å². The predicted molar refractivity (Wildman–Crippen MR) is 67.8 cm³/mol. The van der Waals surface area contributed by atoms with E-state index < -0.39 is 30.5 Å². The molecule has 1 saturated heterocycles. The van der Waals surface area contributed by atoms with E-state index in [1.54, 1.807) is 0 Å². The molecule has 0 N–H and O–H groups in total. The van der Waals surface area contributed by atoms with Gasteiger partial charge in [0.05, 0.1) is 0 Å². The largest absolute Gasteiger partial charge is 0.434 e. The van der Waals surface area contributed by atoms with Crippen LogP contribution in [0, 0.1) is 0 Å². The lowest BCUT2D eigenvalue weighted by molar-refractivity contribution is -0.143. The van der Waals surface area contributed by atoms with Crippen molar-refractivity contribution in [3.63, 3.8) is 0 Å². The standard InChI is InChI=1S/C11H14F2INO3/c12-11(13)4-2-10(3-5-11,8(14)16)18-9(17)15-6-1-7-15/h1-7H2. The van der Waals surface area contributed by atoms with Crippen molar-refractivity contribution >= 4 is 32.5 Å². The Kier molecular flexibility index (Phi) is 3.80. The minimum absolute atomic E-state index is 0.0959. The molecule has 102 valence electrons. The fraction of sp³-hybridized carbons (Fsp3) is 0.818. The molecule has 1 heterocycles. The predicted octanol–water partition coefficient (Wildman–Crippen LogP) is 2.74. The summed E-state index contributed by atoms with van der Waals surface area (Å²) in [6, 6.07) is 0. The minimum atomic E-state index is -2.75. The molecule has 18 heavy (non-hydrogen) atoms. The zero-order chi connectivity index (χ0) is 13.4. The molecule has 2 aliphatic rings. The molecule has 1 amide bonds. The number of amides is 1. The summed E-state index contributed by atoms with van der Waals surface area (Å²) in [5.74, 6) is -2.75. The lowest BCUT2D eigenvalue weighted by Gasteiger charge is -2.39. The second-order valence-corrected chi connectivity index (χ2v) is 5.81. The van der Waals surface area contributed by atoms with Gasteiger partial charge in [-0.05, 0) is 6.42 Å². The average molecular weight is 373 g/mol. The lowest BCUT2D eigenvalue weighted by Crippen LogP contribution is -2.51. The van der Waals surface area contributed by atoms with Gasteiger partial charge in [0.1, 0.15) is 0 Å². The Bertz CT molecular complexity index is 361. The fourth-order valence-electron chi connectivity index (χ4n) is 2.09. The van der Waals surface area contributed by atoms with E-state index in [1.807, 2.05) is 0 Å². The van der Waals surface area contributed by atoms with Crippen LogP contribution in [0.4, 0.5) is 13.6 Å². The van der Waals surface area contributed by atoms with Crippen molar-refractivity contribution in [2.75, 3.05) is 13.1 Å². The number of rotatable bonds is 2. The lowest BCUT2D eigenvalue weighted by atomic mass is 9.83. The van der Waals surface area contributed by atoms with Gasteiger partial charge in [0.2, 0.25) is 9.71 Å². The highest BCUT2D eigenvalue weighted by Crippen LogP contribution is 2.42. The number of alkyl halides is 2. The van der Waals surface area contributed by atoms with Gasteiger partial charge in [-0.2, -0.15) is 0 Å². The van der Waals surface area contributed by atoms with Gasteiger partial charge in [0, 0.05) is 61.4 Å². The van der Waals surface area contributed by atoms with Crippen molar-refractivity contribution in [3.05, 3.63) is 0 Å². The van der Waals surface area contributed by atoms with Crippen LogP contribution in [0.3, 0.4) is 0 Å². The summed E-state index contributed by atoms with van der Waals surface area (Å²) < 4.78 is 31.1. The van der Waals surface area contributed by atoms with Crippen LogP contribution in [-0.4, -0.2) is 39.4 Å². The molecule has 0 aromatic carbocycles. The molecule has 0 aromatic heterocycles. The number of hydrogen-bond donors (Lipinski definition) is 0. The van der Waals surface area contributed by atoms with Crippen LogP contribution in [0.1, 0.15) is 32.1 Å². The Morgan fingerprint density at radius 2 is 1.67 bits per heavy atom. The zero-order valence-electron chi connectivity index (χ0n) is 9.76. The summed E-state index contributed by atoms with van der Waals surface area (Å²) in [6.07, 6.45) is -0.651. The van der Waals surface area contributed by atoms with Crippen LogP contribution in [0.5, 0.6) is 0 Å². The molecule has 0 atom stereocenters. The molecule has 7 heteroatoms. The molecule has 0 aromatic rings. The summed E-state index contributed by atoms with van der Waals surface area (Å²) in [7, 11) is 0. The summed E-state index contributed by atoms with van der Waals surface area (Å²) in [5, 5.41) is 0. The van der Waals surface area contributed by atoms with Gasteiger partial charge in [-0.3, -0.25) is 4.79 Å². The van der Waals surface area contributed by atoms with E-state index >= 15 is 0 Å². The first-order valence-electron chi connectivity index (χ1n) is 5.90. The van der Waals surface area contributed by atoms with E-state index in [1.165, 1.54) is 27.5 Å². The Morgan fingerprint density at radius 3 is 2.06 bits per heavy atom. The molecular formula is C11H14F2INO3. The van der Waals surface area contributed by atoms with Gasteiger partial charge >= 0.3 is 6.09 Å². The summed E-state index contributed by atoms with van der Waals surface area (Å²) in [6.45, 7) is 1.22. The van der Waals surface area contributed by atoms with Crippen LogP contribution >= 0.6 is 22.6 Å². The maximum atomic E-state index is 13.1. The number of ether oxygens (including phenoxy) is 1. The highest BCUT2D eigenvalue weighted by atomic mass is 127. The van der Waals surface area contributed by atoms with Crippen molar-refractivity contribution in [1.29, 1.82) is 0 Å². The number of carbonyl (C=O) groups excluding carboxylic acids is 2. The van der Waals surface area contributed by atoms with Crippen LogP contribution < -0.4 is 0 Å². The zero-order valence-corrected chi connectivity index (χ0v) is 11.9. The maximum absolute atomic E-state index is 13.1. The van der Waals surface area contributed by atoms with Crippen LogP contribution in [0.25, 0.3) is 0 Å². The Morgan fingerprint density at radius 1 is 1.11 bits per heavy atom. The first-order chi connectivity index (χ1) is 8.35. The van der Waals surface area contributed by atoms with Crippen molar-refractivity contribution in [2.24, 2.45) is 0 Å². The average Bonchev–Trinajstić information content (AvgIpc) is 2.18. The van der Waals surface area contributed by atoms with Crippen LogP contribution in [0.2, 0.25) is 0 Å². The monoisotopic (exact) mass is 373 g/mol. The van der Waals surface area contributed by atoms with E-state index in [9.17, 15) is 18.4 Å². The van der Waals surface area contributed by atoms with Gasteiger partial charge in [0.25, 0.3) is 0 Å². The first-order valence-corrected chi connectivity index (χ1v) is 6.98. The van der Waals surface area contributed by atoms with E-state index in [-0.39, 0.29) is 16.6 Å². The number of nitrogens with zero attached hydrogens (tertiary/aromatic N) is 1. The van der Waals surface area contributed by atoms with E-state index in [2.05, 4.69) is 0 Å². The number of carbonyl (C=O) groups is 2. The fourth-order valence-corrected chi connectivity index (χ4v) is 2.74. The quantitative estimate of drug-likeness (QED) is 0.553. The normalized spacial score (nSPS) is 25.2. The number of halogens is 3. The van der Waals surface area contributed by atoms with Crippen molar-refractivity contribution in [2.45, 2.75) is 43.6 Å². The molecule has 2 rings (SSSR count). The van der Waals surface area contributed by atoms with Gasteiger partial charge in [-0.15, -0.1) is 0 Å². The number of hydrogen-bond acceptors (Lipinski definition) is 3. The Balaban J connectivity index is 2.03. The molecule has 1 aliphatic carbocycles. The highest BCUT2D eigenvalue weighted by Gasteiger charge is 2.50. The van der Waals surface area contributed by atoms with Gasteiger partial charge < -0.3 is 9.64 Å². The summed E-state index contributed by atoms with van der Waals surface area (Å²) in [5.41, 5.74) is -1.35. The van der Waals surface area contributed by atoms with E-state index in [0.29, 0.717) is 13.1 Å². The molecule has 0 bridgehead atoms. The minimum Gasteiger partial charge on any atom is -0.434 e. The molecule has 4 nitrogen and oxygen atoms in total. The molecular weight excluding hydrogens is 359 g/mol.